The van der Waals surface area contributed by atoms with Gasteiger partial charge in [0.2, 0.25) is 0 Å². The molecule has 0 spiro atoms. The Morgan fingerprint density at radius 2 is 0.872 bits per heavy atom. The van der Waals surface area contributed by atoms with Gasteiger partial charge in [0.1, 0.15) is 11.5 Å². The van der Waals surface area contributed by atoms with Gasteiger partial charge in [-0.05, 0) is 122 Å². The standard InChI is InChI=1S/C31H25F6NO2.C25H20ClF6NO2.C10H15BO2.2CO2/c32-30(33,34)28(39)19-38-20-29(26-14-4-5-15-27(26)38,18-21-8-6-13-25(16-21)40-31(35,36)37)24-12-7-11-23(17-24)22-9-2-1-3-10-22;26-18-7-4-6-17(12-18)23(13-16-5-3-8-19(11-16)35-25(30,31)32)15-33(14-22(34)24(27,28)29)21-10-2-1-9-20(21)23;1-10(2,3)8-4-6-9(7-5-8)11(12)13;2*2-1-3/h1-17,28,39H,18-20H2;1-12,22,34H,13-15H2;4-7,12-13H,1-3H3;;/t28-,29?;22-,23?;;;/m11.../s1. The molecule has 0 amide bonds. The Morgan fingerprint density at radius 3 is 1.27 bits per heavy atom. The van der Waals surface area contributed by atoms with Crippen molar-refractivity contribution in [2.24, 2.45) is 0 Å². The highest BCUT2D eigenvalue weighted by Crippen LogP contribution is 2.50. The summed E-state index contributed by atoms with van der Waals surface area (Å²) in [6.07, 6.45) is -23.7. The first-order valence-corrected chi connectivity index (χ1v) is 28.7. The Morgan fingerprint density at radius 1 is 0.489 bits per heavy atom. The number of halogens is 13. The van der Waals surface area contributed by atoms with Gasteiger partial charge in [0.25, 0.3) is 0 Å². The Hall–Kier alpha value is -8.93. The molecular weight excluding hydrogens is 1280 g/mol. The Bertz CT molecular complexity index is 3830. The van der Waals surface area contributed by atoms with E-state index in [1.54, 1.807) is 91.0 Å². The molecule has 10 rings (SSSR count). The third kappa shape index (κ3) is 20.0. The van der Waals surface area contributed by atoms with Crippen LogP contribution in [0, 0.1) is 0 Å². The number of hydrogen-bond acceptors (Lipinski definition) is 12. The van der Waals surface area contributed by atoms with Crippen LogP contribution >= 0.6 is 11.6 Å². The predicted molar refractivity (Wildman–Crippen MR) is 325 cm³/mol. The summed E-state index contributed by atoms with van der Waals surface area (Å²) in [5, 5.41) is 37.9. The molecule has 4 N–H and O–H groups in total. The topological polar surface area (TPSA) is 174 Å². The number of ether oxygens (including phenoxy) is 2. The molecule has 0 radical (unpaired) electrons. The van der Waals surface area contributed by atoms with Crippen LogP contribution in [0.2, 0.25) is 5.02 Å². The zero-order chi connectivity index (χ0) is 69.5. The average Bonchev–Trinajstić information content (AvgIpc) is 1.58. The number of carbonyl (C=O) groups excluding carboxylic acids is 4. The van der Waals surface area contributed by atoms with E-state index in [0.29, 0.717) is 44.1 Å². The van der Waals surface area contributed by atoms with Gasteiger partial charge in [-0.2, -0.15) is 45.5 Å². The van der Waals surface area contributed by atoms with Crippen LogP contribution < -0.4 is 24.7 Å². The van der Waals surface area contributed by atoms with Crippen molar-refractivity contribution >= 4 is 47.9 Å². The first kappa shape index (κ1) is 74.1. The van der Waals surface area contributed by atoms with Gasteiger partial charge in [0.15, 0.2) is 12.2 Å². The maximum Gasteiger partial charge on any atom is 0.573 e. The number of anilines is 2. The molecule has 0 fully saturated rings. The molecule has 0 saturated heterocycles. The van der Waals surface area contributed by atoms with E-state index in [2.05, 4.69) is 30.2 Å². The molecule has 12 nitrogen and oxygen atoms in total. The van der Waals surface area contributed by atoms with E-state index < -0.39 is 74.1 Å². The second-order valence-electron chi connectivity index (χ2n) is 22.7. The lowest BCUT2D eigenvalue weighted by molar-refractivity contribution is -0.275. The summed E-state index contributed by atoms with van der Waals surface area (Å²) >= 11 is 6.25. The van der Waals surface area contributed by atoms with Crippen LogP contribution in [0.25, 0.3) is 11.1 Å². The van der Waals surface area contributed by atoms with Crippen LogP contribution in [0.5, 0.6) is 11.5 Å². The minimum atomic E-state index is -4.87. The molecule has 2 unspecified atom stereocenters. The summed E-state index contributed by atoms with van der Waals surface area (Å²) in [5.41, 5.74) is 6.66. The molecule has 8 aromatic rings. The van der Waals surface area contributed by atoms with Crippen molar-refractivity contribution in [2.75, 3.05) is 36.0 Å². The van der Waals surface area contributed by atoms with Gasteiger partial charge >= 0.3 is 44.5 Å². The fourth-order valence-electron chi connectivity index (χ4n) is 11.2. The van der Waals surface area contributed by atoms with E-state index in [0.717, 1.165) is 22.3 Å². The average molecular weight is 1340 g/mol. The number of aliphatic hydroxyl groups is 2. The van der Waals surface area contributed by atoms with Crippen molar-refractivity contribution in [3.8, 4) is 22.6 Å². The first-order chi connectivity index (χ1) is 44.1. The largest absolute Gasteiger partial charge is 0.573 e. The first-order valence-electron chi connectivity index (χ1n) is 28.3. The molecule has 0 aliphatic carbocycles. The summed E-state index contributed by atoms with van der Waals surface area (Å²) in [7, 11) is -1.37. The molecule has 4 atom stereocenters. The molecule has 496 valence electrons. The maximum absolute atomic E-state index is 13.4. The molecule has 0 saturated carbocycles. The molecular formula is C68H60BClF12N2O10. The van der Waals surface area contributed by atoms with Crippen molar-refractivity contribution in [1.82, 2.24) is 0 Å². The number of benzene rings is 8. The van der Waals surface area contributed by atoms with Crippen LogP contribution in [-0.4, -0.2) is 103 Å². The number of β-amino-alcohol motifs (C(OH)–C–C–N with tert-alkyl or cyclic N) is 2. The minimum absolute atomic E-state index is 0.0458. The van der Waals surface area contributed by atoms with Crippen LogP contribution in [0.3, 0.4) is 0 Å². The van der Waals surface area contributed by atoms with E-state index in [4.69, 9.17) is 40.8 Å². The summed E-state index contributed by atoms with van der Waals surface area (Å²) < 4.78 is 165. The zero-order valence-corrected chi connectivity index (χ0v) is 50.8. The molecule has 0 bridgehead atoms. The molecule has 8 aromatic carbocycles. The van der Waals surface area contributed by atoms with E-state index in [1.807, 2.05) is 72.8 Å². The second kappa shape index (κ2) is 31.3. The van der Waals surface area contributed by atoms with Crippen molar-refractivity contribution in [3.05, 3.63) is 244 Å². The van der Waals surface area contributed by atoms with E-state index in [1.165, 1.54) is 51.8 Å². The summed E-state index contributed by atoms with van der Waals surface area (Å²) in [5.74, 6) is -0.777. The summed E-state index contributed by atoms with van der Waals surface area (Å²) in [6.45, 7) is 5.11. The number of fused-ring (bicyclic) bond motifs is 2. The number of rotatable bonds is 14. The molecule has 2 aliphatic heterocycles. The molecule has 2 aliphatic rings. The fraction of sp³-hybridized carbons (Fsp3) is 0.265. The Labute approximate surface area is 537 Å². The third-order valence-corrected chi connectivity index (χ3v) is 15.5. The minimum Gasteiger partial charge on any atom is -0.423 e. The molecule has 2 heterocycles. The van der Waals surface area contributed by atoms with Gasteiger partial charge < -0.3 is 39.5 Å². The van der Waals surface area contributed by atoms with Gasteiger partial charge in [-0.1, -0.05) is 184 Å². The number of hydrogen-bond donors (Lipinski definition) is 4. The van der Waals surface area contributed by atoms with Crippen LogP contribution in [0.15, 0.2) is 200 Å². The number of para-hydroxylation sites is 2. The fourth-order valence-corrected chi connectivity index (χ4v) is 11.4. The van der Waals surface area contributed by atoms with Gasteiger partial charge in [-0.3, -0.25) is 0 Å². The van der Waals surface area contributed by atoms with Crippen molar-refractivity contribution in [3.63, 3.8) is 0 Å². The quantitative estimate of drug-likeness (QED) is 0.0600. The van der Waals surface area contributed by atoms with E-state index in [-0.39, 0.29) is 49.4 Å². The molecule has 94 heavy (non-hydrogen) atoms. The van der Waals surface area contributed by atoms with E-state index >= 15 is 0 Å². The number of alkyl halides is 12. The van der Waals surface area contributed by atoms with Crippen LogP contribution in [0.1, 0.15) is 59.7 Å². The predicted octanol–water partition coefficient (Wildman–Crippen LogP) is 13.5. The van der Waals surface area contributed by atoms with Crippen molar-refractivity contribution in [1.29, 1.82) is 0 Å². The maximum atomic E-state index is 13.4. The highest BCUT2D eigenvalue weighted by Gasteiger charge is 2.49. The van der Waals surface area contributed by atoms with Crippen molar-refractivity contribution in [2.45, 2.75) is 87.1 Å². The summed E-state index contributed by atoms with van der Waals surface area (Å²) in [4.78, 5) is 35.4. The van der Waals surface area contributed by atoms with E-state index in [9.17, 15) is 62.9 Å². The SMILES string of the molecule is CC(C)(C)c1ccc(B(O)O)cc1.O=C=O.O=C=O.O[C@H](CN1CC(Cc2cccc(OC(F)(F)F)c2)(c2cccc(-c3ccccc3)c2)c2ccccc21)C(F)(F)F.O[C@H](CN1CC(Cc2cccc(OC(F)(F)F)c2)(c2cccc(Cl)c2)c2ccccc21)C(F)(F)F. The number of aliphatic hydroxyl groups excluding tert-OH is 2. The van der Waals surface area contributed by atoms with Gasteiger partial charge in [-0.25, -0.2) is 0 Å². The highest BCUT2D eigenvalue weighted by atomic mass is 35.5. The highest BCUT2D eigenvalue weighted by molar-refractivity contribution is 6.58. The lowest BCUT2D eigenvalue weighted by Gasteiger charge is -2.33. The van der Waals surface area contributed by atoms with Gasteiger partial charge in [-0.15, -0.1) is 26.3 Å². The smallest absolute Gasteiger partial charge is 0.423 e. The molecule has 0 aromatic heterocycles. The second-order valence-corrected chi connectivity index (χ2v) is 23.1. The zero-order valence-electron chi connectivity index (χ0n) is 50.1. The summed E-state index contributed by atoms with van der Waals surface area (Å²) in [6, 6.07) is 56.3. The van der Waals surface area contributed by atoms with Gasteiger partial charge in [0, 0.05) is 40.3 Å². The van der Waals surface area contributed by atoms with Crippen molar-refractivity contribution < 1.29 is 102 Å². The number of nitrogens with zero attached hydrogens (tertiary/aromatic N) is 2. The third-order valence-electron chi connectivity index (χ3n) is 15.2. The van der Waals surface area contributed by atoms with Crippen LogP contribution in [0.4, 0.5) is 64.1 Å². The normalized spacial score (nSPS) is 16.4. The Balaban J connectivity index is 0.000000235. The lowest BCUT2D eigenvalue weighted by atomic mass is 9.71. The monoisotopic (exact) mass is 1340 g/mol. The lowest BCUT2D eigenvalue weighted by Crippen LogP contribution is -2.44. The molecule has 26 heteroatoms. The Kier molecular flexibility index (Phi) is 24.7. The van der Waals surface area contributed by atoms with Crippen LogP contribution in [-0.2, 0) is 48.3 Å². The van der Waals surface area contributed by atoms with Gasteiger partial charge in [0.05, 0.1) is 13.1 Å².